The van der Waals surface area contributed by atoms with Gasteiger partial charge < -0.3 is 0 Å². The molecular weight excluding hydrogens is 310 g/mol. The van der Waals surface area contributed by atoms with E-state index in [1.807, 2.05) is 0 Å². The minimum atomic E-state index is -1.31. The van der Waals surface area contributed by atoms with E-state index in [-0.39, 0.29) is 5.16 Å². The SMILES string of the molecule is C[S@@](=O)c1nncn1-c1cc(C#N)c2cc(Cl)ccc2n1. The van der Waals surface area contributed by atoms with Crippen molar-refractivity contribution < 1.29 is 4.21 Å². The van der Waals surface area contributed by atoms with Gasteiger partial charge >= 0.3 is 0 Å². The van der Waals surface area contributed by atoms with E-state index in [2.05, 4.69) is 21.3 Å². The molecule has 8 heteroatoms. The predicted molar refractivity (Wildman–Crippen MR) is 78.7 cm³/mol. The van der Waals surface area contributed by atoms with E-state index >= 15 is 0 Å². The van der Waals surface area contributed by atoms with Crippen molar-refractivity contribution in [1.82, 2.24) is 19.7 Å². The zero-order valence-electron chi connectivity index (χ0n) is 10.8. The number of halogens is 1. The fourth-order valence-electron chi connectivity index (χ4n) is 1.98. The second-order valence-corrected chi connectivity index (χ2v) is 5.95. The van der Waals surface area contributed by atoms with Crippen LogP contribution in [0.1, 0.15) is 5.56 Å². The van der Waals surface area contributed by atoms with Crippen LogP contribution in [0.3, 0.4) is 0 Å². The zero-order valence-corrected chi connectivity index (χ0v) is 12.4. The van der Waals surface area contributed by atoms with Crippen molar-refractivity contribution in [2.24, 2.45) is 0 Å². The highest BCUT2D eigenvalue weighted by Crippen LogP contribution is 2.24. The lowest BCUT2D eigenvalue weighted by molar-refractivity contribution is 0.675. The monoisotopic (exact) mass is 317 g/mol. The fraction of sp³-hybridized carbons (Fsp3) is 0.0769. The Morgan fingerprint density at radius 2 is 2.19 bits per heavy atom. The quantitative estimate of drug-likeness (QED) is 0.722. The van der Waals surface area contributed by atoms with Gasteiger partial charge in [0.1, 0.15) is 12.1 Å². The lowest BCUT2D eigenvalue weighted by Crippen LogP contribution is -2.04. The van der Waals surface area contributed by atoms with Gasteiger partial charge in [-0.3, -0.25) is 8.78 Å². The first kappa shape index (κ1) is 13.7. The summed E-state index contributed by atoms with van der Waals surface area (Å²) in [6.45, 7) is 0. The molecule has 0 aliphatic rings. The Kier molecular flexibility index (Phi) is 3.41. The van der Waals surface area contributed by atoms with Crippen molar-refractivity contribution in [2.45, 2.75) is 5.16 Å². The Labute approximate surface area is 127 Å². The molecule has 2 aromatic heterocycles. The van der Waals surface area contributed by atoms with E-state index in [1.54, 1.807) is 24.3 Å². The van der Waals surface area contributed by atoms with Crippen LogP contribution in [0, 0.1) is 11.3 Å². The van der Waals surface area contributed by atoms with Gasteiger partial charge in [-0.1, -0.05) is 11.6 Å². The van der Waals surface area contributed by atoms with Gasteiger partial charge in [-0.2, -0.15) is 5.26 Å². The first-order valence-corrected chi connectivity index (χ1v) is 7.78. The molecule has 3 aromatic rings. The van der Waals surface area contributed by atoms with Crippen LogP contribution in [-0.4, -0.2) is 30.2 Å². The third-order valence-electron chi connectivity index (χ3n) is 2.90. The fourth-order valence-corrected chi connectivity index (χ4v) is 2.73. The number of nitrogens with zero attached hydrogens (tertiary/aromatic N) is 5. The Morgan fingerprint density at radius 3 is 2.90 bits per heavy atom. The van der Waals surface area contributed by atoms with Crippen molar-refractivity contribution in [3.05, 3.63) is 41.2 Å². The summed E-state index contributed by atoms with van der Waals surface area (Å²) in [6, 6.07) is 8.84. The van der Waals surface area contributed by atoms with Gasteiger partial charge in [-0.05, 0) is 24.3 Å². The minimum absolute atomic E-state index is 0.278. The standard InChI is InChI=1S/C13H8ClN5OS/c1-21(20)13-18-16-7-19(13)12-4-8(6-15)10-5-9(14)2-3-11(10)17-12/h2-5,7H,1H3/t21-/m1/s1. The lowest BCUT2D eigenvalue weighted by Gasteiger charge is -2.07. The van der Waals surface area contributed by atoms with Crippen molar-refractivity contribution in [3.63, 3.8) is 0 Å². The summed E-state index contributed by atoms with van der Waals surface area (Å²) in [5, 5.41) is 18.3. The molecule has 6 nitrogen and oxygen atoms in total. The summed E-state index contributed by atoms with van der Waals surface area (Å²) in [5.74, 6) is 0.441. The molecule has 0 spiro atoms. The number of aromatic nitrogens is 4. The Bertz CT molecular complexity index is 915. The number of nitriles is 1. The molecule has 0 aliphatic heterocycles. The lowest BCUT2D eigenvalue weighted by atomic mass is 10.1. The maximum atomic E-state index is 11.6. The molecule has 2 heterocycles. The van der Waals surface area contributed by atoms with Gasteiger partial charge in [-0.15, -0.1) is 10.2 Å². The van der Waals surface area contributed by atoms with E-state index in [0.29, 0.717) is 27.3 Å². The smallest absolute Gasteiger partial charge is 0.226 e. The molecule has 0 saturated heterocycles. The molecule has 104 valence electrons. The van der Waals surface area contributed by atoms with E-state index in [1.165, 1.54) is 17.2 Å². The second kappa shape index (κ2) is 5.24. The van der Waals surface area contributed by atoms with E-state index < -0.39 is 10.8 Å². The average molecular weight is 318 g/mol. The number of hydrogen-bond donors (Lipinski definition) is 0. The van der Waals surface area contributed by atoms with Crippen LogP contribution in [0.5, 0.6) is 0 Å². The van der Waals surface area contributed by atoms with Gasteiger partial charge in [0, 0.05) is 16.7 Å². The topological polar surface area (TPSA) is 84.5 Å². The average Bonchev–Trinajstić information content (AvgIpc) is 2.95. The summed E-state index contributed by atoms with van der Waals surface area (Å²) >= 11 is 5.95. The van der Waals surface area contributed by atoms with Crippen LogP contribution >= 0.6 is 11.6 Å². The molecule has 0 amide bonds. The van der Waals surface area contributed by atoms with Crippen LogP contribution in [0.4, 0.5) is 0 Å². The Hall–Kier alpha value is -2.30. The molecule has 3 rings (SSSR count). The number of benzene rings is 1. The molecule has 0 unspecified atom stereocenters. The summed E-state index contributed by atoms with van der Waals surface area (Å²) in [5.41, 5.74) is 1.05. The van der Waals surface area contributed by atoms with E-state index in [9.17, 15) is 9.47 Å². The van der Waals surface area contributed by atoms with Crippen molar-refractivity contribution >= 4 is 33.3 Å². The van der Waals surface area contributed by atoms with E-state index in [4.69, 9.17) is 11.6 Å². The predicted octanol–water partition coefficient (Wildman–Crippen LogP) is 2.08. The summed E-state index contributed by atoms with van der Waals surface area (Å²) in [7, 11) is -1.31. The van der Waals surface area contributed by atoms with Crippen LogP contribution in [0.15, 0.2) is 35.7 Å². The second-order valence-electron chi connectivity index (χ2n) is 4.24. The van der Waals surface area contributed by atoms with Gasteiger partial charge in [0.05, 0.1) is 27.9 Å². The van der Waals surface area contributed by atoms with Crippen LogP contribution in [0.25, 0.3) is 16.7 Å². The molecule has 0 bridgehead atoms. The van der Waals surface area contributed by atoms with Gasteiger partial charge in [0.2, 0.25) is 5.16 Å². The highest BCUT2D eigenvalue weighted by atomic mass is 35.5. The van der Waals surface area contributed by atoms with Gasteiger partial charge in [0.15, 0.2) is 0 Å². The number of pyridine rings is 1. The normalized spacial score (nSPS) is 12.2. The van der Waals surface area contributed by atoms with Crippen LogP contribution < -0.4 is 0 Å². The summed E-state index contributed by atoms with van der Waals surface area (Å²) < 4.78 is 13.1. The number of hydrogen-bond acceptors (Lipinski definition) is 5. The Morgan fingerprint density at radius 1 is 1.38 bits per heavy atom. The maximum absolute atomic E-state index is 11.6. The molecular formula is C13H8ClN5OS. The third-order valence-corrected chi connectivity index (χ3v) is 3.93. The third kappa shape index (κ3) is 2.39. The molecule has 21 heavy (non-hydrogen) atoms. The first-order chi connectivity index (χ1) is 10.1. The highest BCUT2D eigenvalue weighted by molar-refractivity contribution is 7.84. The van der Waals surface area contributed by atoms with Gasteiger partial charge in [-0.25, -0.2) is 4.98 Å². The van der Waals surface area contributed by atoms with Crippen molar-refractivity contribution in [1.29, 1.82) is 5.26 Å². The molecule has 1 aromatic carbocycles. The van der Waals surface area contributed by atoms with Gasteiger partial charge in [0.25, 0.3) is 0 Å². The zero-order chi connectivity index (χ0) is 15.0. The van der Waals surface area contributed by atoms with Crippen molar-refractivity contribution in [2.75, 3.05) is 6.26 Å². The number of rotatable bonds is 2. The van der Waals surface area contributed by atoms with Crippen LogP contribution in [-0.2, 0) is 10.8 Å². The minimum Gasteiger partial charge on any atom is -0.258 e. The molecule has 0 aliphatic carbocycles. The molecule has 0 N–H and O–H groups in total. The molecule has 0 fully saturated rings. The first-order valence-electron chi connectivity index (χ1n) is 5.84. The molecule has 0 radical (unpaired) electrons. The summed E-state index contributed by atoms with van der Waals surface area (Å²) in [6.07, 6.45) is 2.93. The number of fused-ring (bicyclic) bond motifs is 1. The maximum Gasteiger partial charge on any atom is 0.226 e. The largest absolute Gasteiger partial charge is 0.258 e. The molecule has 1 atom stereocenters. The Balaban J connectivity index is 2.30. The van der Waals surface area contributed by atoms with E-state index in [0.717, 1.165) is 0 Å². The van der Waals surface area contributed by atoms with Crippen molar-refractivity contribution in [3.8, 4) is 11.9 Å². The molecule has 0 saturated carbocycles. The van der Waals surface area contributed by atoms with Crippen LogP contribution in [0.2, 0.25) is 5.02 Å². The summed E-state index contributed by atoms with van der Waals surface area (Å²) in [4.78, 5) is 4.45. The highest BCUT2D eigenvalue weighted by Gasteiger charge is 2.13.